The van der Waals surface area contributed by atoms with Gasteiger partial charge >= 0.3 is 0 Å². The van der Waals surface area contributed by atoms with Crippen LogP contribution in [0, 0.1) is 0 Å². The predicted octanol–water partition coefficient (Wildman–Crippen LogP) is 1.97. The van der Waals surface area contributed by atoms with Crippen LogP contribution in [-0.2, 0) is 12.8 Å². The van der Waals surface area contributed by atoms with Crippen LogP contribution < -0.4 is 0 Å². The van der Waals surface area contributed by atoms with Crippen molar-refractivity contribution >= 4 is 11.8 Å². The van der Waals surface area contributed by atoms with Gasteiger partial charge in [0.15, 0.2) is 0 Å². The smallest absolute Gasteiger partial charge is 0.119 e. The molecule has 0 amide bonds. The average Bonchev–Trinajstić information content (AvgIpc) is 2.79. The summed E-state index contributed by atoms with van der Waals surface area (Å²) in [5, 5.41) is 11.3. The first-order valence-corrected chi connectivity index (χ1v) is 5.24. The van der Waals surface area contributed by atoms with Gasteiger partial charge in [-0.25, -0.2) is 0 Å². The van der Waals surface area contributed by atoms with Gasteiger partial charge in [-0.1, -0.05) is 12.1 Å². The van der Waals surface area contributed by atoms with Crippen LogP contribution >= 0.6 is 11.8 Å². The molecule has 2 heteroatoms. The summed E-state index contributed by atoms with van der Waals surface area (Å²) in [6.45, 7) is 0. The van der Waals surface area contributed by atoms with Gasteiger partial charge in [0.05, 0.1) is 0 Å². The highest BCUT2D eigenvalue weighted by Crippen LogP contribution is 2.50. The van der Waals surface area contributed by atoms with E-state index < -0.39 is 0 Å². The summed E-state index contributed by atoms with van der Waals surface area (Å²) in [6.07, 6.45) is 2.25. The van der Waals surface area contributed by atoms with Gasteiger partial charge in [-0.15, -0.1) is 0 Å². The molecular weight excluding hydrogens is 168 g/mol. The molecule has 1 nitrogen and oxygen atoms in total. The van der Waals surface area contributed by atoms with Crippen molar-refractivity contribution in [3.05, 3.63) is 29.3 Å². The number of phenols is 1. The van der Waals surface area contributed by atoms with E-state index >= 15 is 0 Å². The molecule has 2 atom stereocenters. The second-order valence-electron chi connectivity index (χ2n) is 3.54. The molecule has 0 saturated carbocycles. The molecule has 1 aliphatic heterocycles. The van der Waals surface area contributed by atoms with Gasteiger partial charge in [-0.3, -0.25) is 0 Å². The van der Waals surface area contributed by atoms with Crippen LogP contribution in [-0.4, -0.2) is 15.6 Å². The molecule has 3 rings (SSSR count). The maximum absolute atomic E-state index is 9.58. The summed E-state index contributed by atoms with van der Waals surface area (Å²) >= 11 is 2.05. The summed E-state index contributed by atoms with van der Waals surface area (Å²) in [5.41, 5.74) is 2.56. The molecule has 1 aliphatic carbocycles. The zero-order valence-electron chi connectivity index (χ0n) is 6.66. The highest BCUT2D eigenvalue weighted by Gasteiger charge is 2.42. The Hall–Kier alpha value is -0.630. The van der Waals surface area contributed by atoms with E-state index in [4.69, 9.17) is 0 Å². The molecule has 1 aromatic carbocycles. The van der Waals surface area contributed by atoms with Crippen LogP contribution in [0.2, 0.25) is 0 Å². The lowest BCUT2D eigenvalue weighted by Gasteiger charge is -2.14. The first-order valence-electron chi connectivity index (χ1n) is 4.30. The van der Waals surface area contributed by atoms with Crippen LogP contribution in [0.25, 0.3) is 0 Å². The molecule has 0 spiro atoms. The highest BCUT2D eigenvalue weighted by atomic mass is 32.2. The van der Waals surface area contributed by atoms with Crippen molar-refractivity contribution in [2.24, 2.45) is 0 Å². The molecule has 62 valence electrons. The molecule has 0 aromatic heterocycles. The van der Waals surface area contributed by atoms with Crippen LogP contribution in [0.15, 0.2) is 18.2 Å². The lowest BCUT2D eigenvalue weighted by Crippen LogP contribution is -2.11. The van der Waals surface area contributed by atoms with Gasteiger partial charge in [-0.2, -0.15) is 11.8 Å². The second-order valence-corrected chi connectivity index (χ2v) is 5.02. The van der Waals surface area contributed by atoms with E-state index in [-0.39, 0.29) is 0 Å². The molecule has 1 N–H and O–H groups in total. The van der Waals surface area contributed by atoms with Crippen LogP contribution in [0.4, 0.5) is 0 Å². The van der Waals surface area contributed by atoms with E-state index in [0.29, 0.717) is 5.75 Å². The van der Waals surface area contributed by atoms with Gasteiger partial charge < -0.3 is 5.11 Å². The van der Waals surface area contributed by atoms with Crippen LogP contribution in [0.5, 0.6) is 5.75 Å². The maximum Gasteiger partial charge on any atom is 0.119 e. The van der Waals surface area contributed by atoms with E-state index in [1.165, 1.54) is 17.5 Å². The van der Waals surface area contributed by atoms with Gasteiger partial charge in [0.2, 0.25) is 0 Å². The van der Waals surface area contributed by atoms with Crippen molar-refractivity contribution in [1.82, 2.24) is 0 Å². The summed E-state index contributed by atoms with van der Waals surface area (Å²) in [7, 11) is 0. The molecule has 1 heterocycles. The van der Waals surface area contributed by atoms with E-state index in [9.17, 15) is 5.11 Å². The largest absolute Gasteiger partial charge is 0.508 e. The number of fused-ring (bicyclic) bond motifs is 2. The monoisotopic (exact) mass is 178 g/mol. The standard InChI is InChI=1S/C10H10OS/c11-8-3-1-2-6-4-9-10(12-9)5-7(6)8/h1-3,9-11H,4-5H2. The molecule has 1 aromatic rings. The van der Waals surface area contributed by atoms with Crippen molar-refractivity contribution < 1.29 is 5.11 Å². The van der Waals surface area contributed by atoms with Gasteiger partial charge in [0, 0.05) is 10.5 Å². The third-order valence-electron chi connectivity index (χ3n) is 2.76. The second kappa shape index (κ2) is 2.19. The van der Waals surface area contributed by atoms with Crippen molar-refractivity contribution in [3.63, 3.8) is 0 Å². The third kappa shape index (κ3) is 0.876. The first-order chi connectivity index (χ1) is 5.84. The Kier molecular flexibility index (Phi) is 1.25. The fourth-order valence-corrected chi connectivity index (χ4v) is 3.09. The van der Waals surface area contributed by atoms with Gasteiger partial charge in [0.1, 0.15) is 5.75 Å². The van der Waals surface area contributed by atoms with E-state index in [2.05, 4.69) is 17.8 Å². The predicted molar refractivity (Wildman–Crippen MR) is 50.7 cm³/mol. The van der Waals surface area contributed by atoms with Gasteiger partial charge in [-0.05, 0) is 30.0 Å². The number of rotatable bonds is 0. The van der Waals surface area contributed by atoms with Crippen LogP contribution in [0.1, 0.15) is 11.1 Å². The number of hydrogen-bond donors (Lipinski definition) is 1. The van der Waals surface area contributed by atoms with Crippen LogP contribution in [0.3, 0.4) is 0 Å². The number of hydrogen-bond acceptors (Lipinski definition) is 2. The summed E-state index contributed by atoms with van der Waals surface area (Å²) in [6, 6.07) is 5.89. The molecule has 0 bridgehead atoms. The first kappa shape index (κ1) is 6.84. The van der Waals surface area contributed by atoms with Gasteiger partial charge in [0.25, 0.3) is 0 Å². The van der Waals surface area contributed by atoms with E-state index in [1.807, 2.05) is 6.07 Å². The zero-order valence-corrected chi connectivity index (χ0v) is 7.47. The zero-order chi connectivity index (χ0) is 8.13. The SMILES string of the molecule is Oc1cccc2c1CC1SC1C2. The summed E-state index contributed by atoms with van der Waals surface area (Å²) in [4.78, 5) is 0. The van der Waals surface area contributed by atoms with Crippen molar-refractivity contribution in [3.8, 4) is 5.75 Å². The number of aromatic hydroxyl groups is 1. The Morgan fingerprint density at radius 1 is 1.25 bits per heavy atom. The molecular formula is C10H10OS. The summed E-state index contributed by atoms with van der Waals surface area (Å²) < 4.78 is 0. The Labute approximate surface area is 75.8 Å². The van der Waals surface area contributed by atoms with E-state index in [0.717, 1.165) is 16.9 Å². The summed E-state index contributed by atoms with van der Waals surface area (Å²) in [5.74, 6) is 0.499. The Bertz CT molecular complexity index is 335. The molecule has 0 radical (unpaired) electrons. The molecule has 1 saturated heterocycles. The average molecular weight is 178 g/mol. The molecule has 12 heavy (non-hydrogen) atoms. The maximum atomic E-state index is 9.58. The third-order valence-corrected chi connectivity index (χ3v) is 4.14. The quantitative estimate of drug-likeness (QED) is 0.613. The number of benzene rings is 1. The fraction of sp³-hybridized carbons (Fsp3) is 0.400. The minimum atomic E-state index is 0.499. The molecule has 2 unspecified atom stereocenters. The minimum Gasteiger partial charge on any atom is -0.508 e. The fourth-order valence-electron chi connectivity index (χ4n) is 2.00. The lowest BCUT2D eigenvalue weighted by atomic mass is 9.91. The minimum absolute atomic E-state index is 0.499. The molecule has 2 aliphatic rings. The van der Waals surface area contributed by atoms with E-state index in [1.54, 1.807) is 6.07 Å². The van der Waals surface area contributed by atoms with Crippen molar-refractivity contribution in [1.29, 1.82) is 0 Å². The Morgan fingerprint density at radius 3 is 3.00 bits per heavy atom. The Morgan fingerprint density at radius 2 is 2.08 bits per heavy atom. The lowest BCUT2D eigenvalue weighted by molar-refractivity contribution is 0.465. The number of thioether (sulfide) groups is 1. The molecule has 1 fully saturated rings. The van der Waals surface area contributed by atoms with Crippen molar-refractivity contribution in [2.45, 2.75) is 23.3 Å². The number of phenolic OH excluding ortho intramolecular Hbond substituents is 1. The topological polar surface area (TPSA) is 20.2 Å². The van der Waals surface area contributed by atoms with Crippen molar-refractivity contribution in [2.75, 3.05) is 0 Å². The highest BCUT2D eigenvalue weighted by molar-refractivity contribution is 8.07. The normalized spacial score (nSPS) is 30.7. The Balaban J connectivity index is 2.11.